The summed E-state index contributed by atoms with van der Waals surface area (Å²) < 4.78 is 0. The molecule has 11 aliphatic heterocycles. The smallest absolute Gasteiger partial charge is 0.267 e. The predicted octanol–water partition coefficient (Wildman–Crippen LogP) is 6.69. The lowest BCUT2D eigenvalue weighted by molar-refractivity contribution is -0.185. The van der Waals surface area contributed by atoms with Crippen molar-refractivity contribution in [3.05, 3.63) is 83.6 Å². The second-order valence-electron chi connectivity index (χ2n) is 37.1. The number of hydrogen-bond acceptors (Lipinski definition) is 34. The highest BCUT2D eigenvalue weighted by atomic mass is 32.2. The molecule has 0 radical (unpaired) electrons. The number of carbonyl (C=O) groups excluding carboxylic acids is 18. The first kappa shape index (κ1) is 132. The summed E-state index contributed by atoms with van der Waals surface area (Å²) in [5.74, 6) is 1.89. The number of hydrazine groups is 1. The van der Waals surface area contributed by atoms with Crippen molar-refractivity contribution >= 4 is 163 Å². The topological polar surface area (TPSA) is 470 Å². The quantitative estimate of drug-likeness (QED) is 0.0537. The van der Waals surface area contributed by atoms with E-state index in [0.29, 0.717) is 49.6 Å². The number of rotatable bonds is 23. The molecular weight excluding hydrogens is 1950 g/mol. The Hall–Kier alpha value is -9.99. The van der Waals surface area contributed by atoms with Crippen LogP contribution in [0.25, 0.3) is 0 Å². The summed E-state index contributed by atoms with van der Waals surface area (Å²) in [6, 6.07) is 11.2. The number of benzodiazepines with no additional fused rings is 1. The fourth-order valence-electron chi connectivity index (χ4n) is 18.0. The van der Waals surface area contributed by atoms with Crippen LogP contribution in [0.3, 0.4) is 0 Å². The summed E-state index contributed by atoms with van der Waals surface area (Å²) in [4.78, 5) is 236. The first-order chi connectivity index (χ1) is 70.1. The molecule has 0 spiro atoms. The molecule has 148 heavy (non-hydrogen) atoms. The van der Waals surface area contributed by atoms with Gasteiger partial charge in [-0.05, 0) is 231 Å². The molecule has 39 nitrogen and oxygen atoms in total. The minimum absolute atomic E-state index is 0.00213. The molecule has 0 aromatic heterocycles. The number of piperidine rings is 1. The Bertz CT molecular complexity index is 4980. The Kier molecular flexibility index (Phi) is 58.3. The lowest BCUT2D eigenvalue weighted by Crippen LogP contribution is -2.67. The summed E-state index contributed by atoms with van der Waals surface area (Å²) in [7, 11) is 21.2. The van der Waals surface area contributed by atoms with Gasteiger partial charge in [-0.1, -0.05) is 102 Å². The maximum absolute atomic E-state index is 12.9. The minimum Gasteiger partial charge on any atom is -0.399 e. The number of likely N-dealkylation sites (N-methyl/N-ethyl adjacent to an activating group) is 10. The van der Waals surface area contributed by atoms with Crippen LogP contribution in [0.15, 0.2) is 82.6 Å². The molecule has 828 valence electrons. The van der Waals surface area contributed by atoms with E-state index in [9.17, 15) is 86.3 Å². The summed E-state index contributed by atoms with van der Waals surface area (Å²) >= 11 is 5.20. The Labute approximate surface area is 891 Å². The van der Waals surface area contributed by atoms with Gasteiger partial charge in [0.05, 0.1) is 112 Å². The number of fused-ring (bicyclic) bond motifs is 6. The molecule has 20 atom stereocenters. The summed E-state index contributed by atoms with van der Waals surface area (Å²) in [6.07, 6.45) is 12.3. The number of ketones is 10. The van der Waals surface area contributed by atoms with Crippen molar-refractivity contribution in [2.75, 3.05) is 138 Å². The normalized spacial score (nSPS) is 25.8. The SMILES string of the molecule is CC.CC.CC.CC(=O)C(C)N(C)C.CNC1=CC=CC(C(C)C(C)=O)C1=O.CNC1CC(=NOC)c2ccccc2N(C(C)C(C)=O)C1=O.CNC1CC(=O)N2CCCC(C(C)=O)N2C1=O.CNC1CC2SCC(C(C)=O)N2C1=O.CNC1CCC2SCC(C(C)=O)N2C1=O.CNC1CCCC2SCC(C(C)=O)N2C1=O.CNC1CN(C)CCN(C(C)C(C)=O)C1=O.CNC1N=C(C)c2ccccc2N(C(C)C(C)=O)C1=O. The first-order valence-electron chi connectivity index (χ1n) is 51.5. The summed E-state index contributed by atoms with van der Waals surface area (Å²) in [6.45, 7) is 39.3. The third kappa shape index (κ3) is 35.0. The van der Waals surface area contributed by atoms with Crippen molar-refractivity contribution in [1.29, 1.82) is 0 Å². The van der Waals surface area contributed by atoms with Crippen LogP contribution >= 0.6 is 35.3 Å². The molecule has 8 amide bonds. The number of thioether (sulfide) groups is 3. The molecule has 14 rings (SSSR count). The molecule has 9 saturated heterocycles. The Balaban J connectivity index is 0.000000428. The number of allylic oxidation sites excluding steroid dienone is 4. The highest BCUT2D eigenvalue weighted by Gasteiger charge is 2.51. The van der Waals surface area contributed by atoms with Gasteiger partial charge in [0, 0.05) is 86.1 Å². The van der Waals surface area contributed by atoms with Crippen LogP contribution in [-0.2, 0) is 91.1 Å². The van der Waals surface area contributed by atoms with E-state index in [2.05, 4.69) is 57.6 Å². The van der Waals surface area contributed by atoms with Crippen molar-refractivity contribution in [2.45, 2.75) is 316 Å². The van der Waals surface area contributed by atoms with Gasteiger partial charge >= 0.3 is 0 Å². The van der Waals surface area contributed by atoms with E-state index in [4.69, 9.17) is 4.84 Å². The van der Waals surface area contributed by atoms with E-state index in [1.807, 2.05) is 148 Å². The number of anilines is 2. The highest BCUT2D eigenvalue weighted by Crippen LogP contribution is 2.41. The maximum atomic E-state index is 12.9. The van der Waals surface area contributed by atoms with E-state index in [1.54, 1.807) is 177 Å². The molecule has 2 aromatic rings. The van der Waals surface area contributed by atoms with Crippen molar-refractivity contribution in [1.82, 2.24) is 82.0 Å². The van der Waals surface area contributed by atoms with E-state index in [1.165, 1.54) is 51.7 Å². The van der Waals surface area contributed by atoms with Gasteiger partial charge in [0.25, 0.3) is 11.8 Å². The molecule has 20 unspecified atom stereocenters. The first-order valence-corrected chi connectivity index (χ1v) is 54.7. The lowest BCUT2D eigenvalue weighted by Gasteiger charge is -2.47. The van der Waals surface area contributed by atoms with E-state index in [0.717, 1.165) is 91.3 Å². The van der Waals surface area contributed by atoms with Gasteiger partial charge in [-0.2, -0.15) is 0 Å². The second kappa shape index (κ2) is 65.3. The number of nitrogens with one attached hydrogen (secondary N) is 8. The average molecular weight is 2130 g/mol. The number of amides is 8. The standard InChI is InChI=1S/C16H21N3O3.C15H19N3O2.C11H17N3O3.C11H21N3O2.C11H18N2O2S.C11H15NO2.C10H16N2O2S.C9H14N2O2S.C6H13NO.3C2H6/c1-10(11(2)20)19-15-8-6-5-7-12(15)13(18-22-4)9-14(17-3)16(19)21;1-9-12-7-5-6-8-13(12)18(10(2)11(3)19)15(20)14(16-4)17-9;1-7(15)9-4-3-5-13-10(16)6-8(12-2)11(17)14(9)13;1-8(9(2)15)14-6-5-13(4)7-10(12-3)11(14)16;1-7(14)9-6-16-10-5-3-4-8(12-2)11(15)13(9)10;1-7(8(2)13)9-5-4-6-10(12-3)11(9)14;1-6(13)8-5-15-9-4-3-7(11-2)10(14)12(8)9;1-5(12)7-4-14-8-3-6(10-2)9(13)11(7)8;1-5(6(2)8)7(3)4;3*1-2/h5-8,10,14,17H,9H2,1-4H3;5-8,10,14,16H,1-4H3;8-9,12H,3-6H2,1-2H3;8,10,12H,5-7H2,1-4H3;8-10,12H,3-6H2,1-2H3;4-7,9,12H,1-3H3;7-9,11H,3-5H2,1-2H3;6-8,10H,3-4H2,1-2H3;5H,1-4H3;3*1-2H3. The molecule has 8 N–H and O–H groups in total. The third-order valence-electron chi connectivity index (χ3n) is 27.6. The molecule has 12 aliphatic rings. The van der Waals surface area contributed by atoms with Gasteiger partial charge in [-0.25, -0.2) is 5.01 Å². The molecule has 42 heteroatoms. The average Bonchev–Trinajstić information content (AvgIpc) is 1.25. The number of Topliss-reactive ketones (excluding diaryl/α,β-unsaturated/α-hetero) is 10. The fraction of sp³-hybridized carbons (Fsp3) is 0.660. The maximum Gasteiger partial charge on any atom is 0.267 e. The summed E-state index contributed by atoms with van der Waals surface area (Å²) in [5.41, 5.74) is 5.15. The molecule has 0 bridgehead atoms. The van der Waals surface area contributed by atoms with E-state index in [-0.39, 0.29) is 194 Å². The van der Waals surface area contributed by atoms with Gasteiger partial charge in [0.1, 0.15) is 42.8 Å². The number of nitrogens with zero attached hydrogens (tertiary/aromatic N) is 12. The van der Waals surface area contributed by atoms with Crippen molar-refractivity contribution in [3.8, 4) is 0 Å². The van der Waals surface area contributed by atoms with Crippen molar-refractivity contribution < 1.29 is 91.1 Å². The zero-order valence-electron chi connectivity index (χ0n) is 93.8. The van der Waals surface area contributed by atoms with Gasteiger partial charge < -0.3 is 71.5 Å². The number of aliphatic imine (C=N–C) groups is 1. The fourth-order valence-corrected chi connectivity index (χ4v) is 22.6. The number of para-hydroxylation sites is 2. The predicted molar refractivity (Wildman–Crippen MR) is 588 cm³/mol. The second-order valence-corrected chi connectivity index (χ2v) is 40.8. The van der Waals surface area contributed by atoms with E-state index >= 15 is 0 Å². The number of carbonyl (C=O) groups is 18. The highest BCUT2D eigenvalue weighted by molar-refractivity contribution is 8.00. The zero-order chi connectivity index (χ0) is 112. The van der Waals surface area contributed by atoms with Gasteiger partial charge in [0.2, 0.25) is 35.4 Å². The molecule has 2 aromatic carbocycles. The Morgan fingerprint density at radius 2 is 0.905 bits per heavy atom. The molecule has 0 saturated carbocycles. The Morgan fingerprint density at radius 3 is 1.35 bits per heavy atom. The number of oxime groups is 1. The Morgan fingerprint density at radius 1 is 0.459 bits per heavy atom. The minimum atomic E-state index is -0.663. The van der Waals surface area contributed by atoms with Crippen LogP contribution in [0.1, 0.15) is 221 Å². The number of hydrogen-bond donors (Lipinski definition) is 8. The largest absolute Gasteiger partial charge is 0.399 e. The monoisotopic (exact) mass is 2130 g/mol. The zero-order valence-corrected chi connectivity index (χ0v) is 96.2. The van der Waals surface area contributed by atoms with Crippen molar-refractivity contribution in [3.63, 3.8) is 0 Å². The van der Waals surface area contributed by atoms with Crippen LogP contribution in [0.2, 0.25) is 0 Å². The molecule has 11 heterocycles. The van der Waals surface area contributed by atoms with Gasteiger partial charge in [0.15, 0.2) is 52.4 Å². The molecule has 1 aliphatic carbocycles. The number of benzene rings is 2. The van der Waals surface area contributed by atoms with Crippen LogP contribution in [-0.4, -0.2) is 391 Å². The van der Waals surface area contributed by atoms with Gasteiger partial charge in [-0.3, -0.25) is 111 Å². The molecule has 9 fully saturated rings. The lowest BCUT2D eigenvalue weighted by atomic mass is 9.84. The molecular formula is C106H172N20O19S3. The van der Waals surface area contributed by atoms with Crippen molar-refractivity contribution in [2.24, 2.45) is 22.0 Å². The van der Waals surface area contributed by atoms with Crippen LogP contribution in [0.5, 0.6) is 0 Å². The van der Waals surface area contributed by atoms with Crippen LogP contribution in [0.4, 0.5) is 11.4 Å². The van der Waals surface area contributed by atoms with E-state index < -0.39 is 36.4 Å². The summed E-state index contributed by atoms with van der Waals surface area (Å²) in [5, 5.41) is 31.1. The van der Waals surface area contributed by atoms with Crippen LogP contribution < -0.4 is 52.3 Å². The van der Waals surface area contributed by atoms with Crippen LogP contribution in [0, 0.1) is 11.8 Å². The third-order valence-corrected chi connectivity index (χ3v) is 31.6. The van der Waals surface area contributed by atoms with Gasteiger partial charge in [-0.15, -0.1) is 35.3 Å².